The lowest BCUT2D eigenvalue weighted by Gasteiger charge is -2.28. The van der Waals surface area contributed by atoms with Gasteiger partial charge in [-0.15, -0.1) is 0 Å². The predicted molar refractivity (Wildman–Crippen MR) is 84.9 cm³/mol. The Morgan fingerprint density at radius 1 is 1.09 bits per heavy atom. The van der Waals surface area contributed by atoms with Crippen molar-refractivity contribution in [1.82, 2.24) is 5.32 Å². The van der Waals surface area contributed by atoms with Crippen LogP contribution < -0.4 is 9.88 Å². The fourth-order valence-electron chi connectivity index (χ4n) is 2.75. The van der Waals surface area contributed by atoms with Crippen molar-refractivity contribution in [2.75, 3.05) is 0 Å². The number of amides is 2. The highest BCUT2D eigenvalue weighted by atomic mass is 35.5. The zero-order chi connectivity index (χ0) is 16.4. The molecular formula is C17H12ClN3O2. The average molecular weight is 326 g/mol. The molecule has 0 radical (unpaired) electrons. The van der Waals surface area contributed by atoms with E-state index < -0.39 is 23.8 Å². The molecule has 2 heterocycles. The highest BCUT2D eigenvalue weighted by Gasteiger charge is 2.46. The van der Waals surface area contributed by atoms with Crippen LogP contribution in [0.3, 0.4) is 0 Å². The number of rotatable bonds is 2. The van der Waals surface area contributed by atoms with Crippen LogP contribution in [0.25, 0.3) is 5.41 Å². The summed E-state index contributed by atoms with van der Waals surface area (Å²) in [5, 5.41) is 12.2. The van der Waals surface area contributed by atoms with E-state index in [-0.39, 0.29) is 5.57 Å². The van der Waals surface area contributed by atoms with Gasteiger partial charge in [-0.25, -0.2) is 0 Å². The number of hydrogen-bond acceptors (Lipinski definition) is 2. The summed E-state index contributed by atoms with van der Waals surface area (Å²) in [7, 11) is 0. The van der Waals surface area contributed by atoms with Crippen LogP contribution in [-0.2, 0) is 9.59 Å². The molecule has 1 aromatic heterocycles. The standard InChI is InChI=1S/C17H12ClN3O2/c18-12-6-4-11(5-7-12)14-13(10-19)16(22)20-17(23)15(14)21-8-2-1-3-9-21/h1-9,14-15H,(H,20,22,23). The second kappa shape index (κ2) is 6.16. The molecule has 3 rings (SSSR count). The molecule has 1 saturated heterocycles. The van der Waals surface area contributed by atoms with Gasteiger partial charge in [0, 0.05) is 17.2 Å². The molecule has 0 aliphatic carbocycles. The molecule has 23 heavy (non-hydrogen) atoms. The monoisotopic (exact) mass is 325 g/mol. The van der Waals surface area contributed by atoms with Crippen molar-refractivity contribution in [2.24, 2.45) is 0 Å². The summed E-state index contributed by atoms with van der Waals surface area (Å²) in [6.45, 7) is 0. The van der Waals surface area contributed by atoms with Crippen LogP contribution >= 0.6 is 11.6 Å². The summed E-state index contributed by atoms with van der Waals surface area (Å²) >= 11 is 5.91. The van der Waals surface area contributed by atoms with Crippen LogP contribution in [0.15, 0.2) is 60.4 Å². The van der Waals surface area contributed by atoms with Crippen LogP contribution in [0.2, 0.25) is 5.02 Å². The van der Waals surface area contributed by atoms with Crippen LogP contribution in [0, 0.1) is 0 Å². The summed E-state index contributed by atoms with van der Waals surface area (Å²) in [6, 6.07) is 11.5. The molecule has 0 spiro atoms. The first-order valence-electron chi connectivity index (χ1n) is 6.95. The molecule has 2 atom stereocenters. The molecule has 1 aliphatic rings. The van der Waals surface area contributed by atoms with Gasteiger partial charge < -0.3 is 5.41 Å². The molecule has 6 heteroatoms. The highest BCUT2D eigenvalue weighted by Crippen LogP contribution is 2.35. The largest absolute Gasteiger partial charge is 0.763 e. The van der Waals surface area contributed by atoms with Crippen molar-refractivity contribution in [3.05, 3.63) is 76.4 Å². The van der Waals surface area contributed by atoms with Crippen molar-refractivity contribution in [2.45, 2.75) is 12.0 Å². The lowest BCUT2D eigenvalue weighted by Crippen LogP contribution is -2.57. The van der Waals surface area contributed by atoms with Gasteiger partial charge in [-0.05, 0) is 17.7 Å². The molecule has 2 unspecified atom stereocenters. The molecule has 1 fully saturated rings. The number of nitrogens with zero attached hydrogens (tertiary/aromatic N) is 2. The van der Waals surface area contributed by atoms with Gasteiger partial charge in [0.2, 0.25) is 6.04 Å². The lowest BCUT2D eigenvalue weighted by molar-refractivity contribution is -0.711. The Balaban J connectivity index is 2.17. The second-order valence-electron chi connectivity index (χ2n) is 5.14. The zero-order valence-electron chi connectivity index (χ0n) is 11.9. The topological polar surface area (TPSA) is 72.3 Å². The number of carbonyl (C=O) groups is 2. The quantitative estimate of drug-likeness (QED) is 0.395. The van der Waals surface area contributed by atoms with Crippen LogP contribution in [0.5, 0.6) is 0 Å². The first-order valence-corrected chi connectivity index (χ1v) is 7.33. The molecule has 1 N–H and O–H groups in total. The third-order valence-corrected chi connectivity index (χ3v) is 4.04. The molecule has 0 bridgehead atoms. The fraction of sp³-hybridized carbons (Fsp3) is 0.118. The zero-order valence-corrected chi connectivity index (χ0v) is 12.7. The number of hydrogen-bond donors (Lipinski definition) is 1. The predicted octanol–water partition coefficient (Wildman–Crippen LogP) is 1.77. The van der Waals surface area contributed by atoms with E-state index in [1.165, 1.54) is 0 Å². The van der Waals surface area contributed by atoms with E-state index >= 15 is 0 Å². The van der Waals surface area contributed by atoms with Crippen molar-refractivity contribution in [3.8, 4) is 0 Å². The molecule has 2 aromatic rings. The minimum Gasteiger partial charge on any atom is -0.763 e. The van der Waals surface area contributed by atoms with Gasteiger partial charge in [0.15, 0.2) is 12.4 Å². The third-order valence-electron chi connectivity index (χ3n) is 3.79. The van der Waals surface area contributed by atoms with Gasteiger partial charge in [0.05, 0.1) is 11.5 Å². The first-order chi connectivity index (χ1) is 11.1. The van der Waals surface area contributed by atoms with E-state index in [4.69, 9.17) is 11.6 Å². The minimum atomic E-state index is -0.718. The molecule has 5 nitrogen and oxygen atoms in total. The summed E-state index contributed by atoms with van der Waals surface area (Å²) in [5.74, 6) is 0.194. The van der Waals surface area contributed by atoms with E-state index in [9.17, 15) is 15.0 Å². The second-order valence-corrected chi connectivity index (χ2v) is 5.58. The van der Waals surface area contributed by atoms with Gasteiger partial charge in [0.1, 0.15) is 0 Å². The Kier molecular flexibility index (Phi) is 4.06. The average Bonchev–Trinajstić information content (AvgIpc) is 2.56. The van der Waals surface area contributed by atoms with Crippen molar-refractivity contribution in [1.29, 1.82) is 0 Å². The summed E-state index contributed by atoms with van der Waals surface area (Å²) in [4.78, 5) is 24.5. The van der Waals surface area contributed by atoms with Crippen LogP contribution in [0.4, 0.5) is 0 Å². The Morgan fingerprint density at radius 3 is 2.35 bits per heavy atom. The van der Waals surface area contributed by atoms with E-state index in [1.807, 2.05) is 11.9 Å². The van der Waals surface area contributed by atoms with E-state index in [0.29, 0.717) is 10.6 Å². The van der Waals surface area contributed by atoms with Gasteiger partial charge in [-0.3, -0.25) is 20.8 Å². The number of benzene rings is 1. The smallest absolute Gasteiger partial charge is 0.296 e. The molecular weight excluding hydrogens is 314 g/mol. The lowest BCUT2D eigenvalue weighted by atomic mass is 9.81. The number of halogens is 1. The number of pyridine rings is 1. The Bertz CT molecular complexity index is 811. The van der Waals surface area contributed by atoms with Gasteiger partial charge in [-0.1, -0.05) is 29.8 Å². The van der Waals surface area contributed by atoms with Crippen molar-refractivity contribution >= 4 is 29.3 Å². The first kappa shape index (κ1) is 15.2. The van der Waals surface area contributed by atoms with E-state index in [1.54, 1.807) is 53.4 Å². The van der Waals surface area contributed by atoms with Gasteiger partial charge in [0.25, 0.3) is 11.8 Å². The number of carbonyl (C=O) groups excluding carboxylic acids is 2. The molecule has 1 aliphatic heterocycles. The third kappa shape index (κ3) is 2.80. The van der Waals surface area contributed by atoms with Crippen LogP contribution in [0.1, 0.15) is 17.5 Å². The summed E-state index contributed by atoms with van der Waals surface area (Å²) < 4.78 is 1.69. The maximum atomic E-state index is 12.4. The Hall–Kier alpha value is -2.75. The Labute approximate surface area is 137 Å². The fourth-order valence-corrected chi connectivity index (χ4v) is 2.87. The van der Waals surface area contributed by atoms with E-state index in [0.717, 1.165) is 0 Å². The number of nitrogens with one attached hydrogen (secondary N) is 1. The number of piperidine rings is 1. The van der Waals surface area contributed by atoms with Gasteiger partial charge >= 0.3 is 0 Å². The highest BCUT2D eigenvalue weighted by molar-refractivity contribution is 6.30. The summed E-state index contributed by atoms with van der Waals surface area (Å²) in [6.07, 6.45) is 3.47. The normalized spacial score (nSPS) is 20.8. The van der Waals surface area contributed by atoms with Crippen molar-refractivity contribution < 1.29 is 14.2 Å². The van der Waals surface area contributed by atoms with Crippen molar-refractivity contribution in [3.63, 3.8) is 0 Å². The Morgan fingerprint density at radius 2 is 1.74 bits per heavy atom. The SMILES string of the molecule is [N-]=C=C1C(=O)NC(=O)C([n+]2ccccc2)C1c1ccc(Cl)cc1. The van der Waals surface area contributed by atoms with E-state index in [2.05, 4.69) is 5.32 Å². The maximum absolute atomic E-state index is 12.4. The van der Waals surface area contributed by atoms with Gasteiger partial charge in [-0.2, -0.15) is 4.57 Å². The molecule has 114 valence electrons. The summed E-state index contributed by atoms with van der Waals surface area (Å²) in [5.41, 5.74) is 0.698. The van der Waals surface area contributed by atoms with Crippen LogP contribution in [-0.4, -0.2) is 17.7 Å². The number of imide groups is 1. The molecule has 1 aromatic carbocycles. The maximum Gasteiger partial charge on any atom is 0.296 e. The number of aromatic nitrogens is 1. The molecule has 0 saturated carbocycles. The minimum absolute atomic E-state index is 0.00766. The molecule has 2 amide bonds.